The van der Waals surface area contributed by atoms with Gasteiger partial charge in [0.2, 0.25) is 5.91 Å². The number of hydrogen-bond acceptors (Lipinski definition) is 4. The Morgan fingerprint density at radius 2 is 2.19 bits per heavy atom. The Bertz CT molecular complexity index is 341. The summed E-state index contributed by atoms with van der Waals surface area (Å²) in [4.78, 5) is 11.5. The van der Waals surface area contributed by atoms with E-state index in [0.717, 1.165) is 23.4 Å². The highest BCUT2D eigenvalue weighted by atomic mass is 16.5. The molecule has 1 atom stereocenters. The van der Waals surface area contributed by atoms with Crippen molar-refractivity contribution in [3.05, 3.63) is 17.0 Å². The molecule has 5 nitrogen and oxygen atoms in total. The lowest BCUT2D eigenvalue weighted by Gasteiger charge is -2.16. The number of nitrogens with one attached hydrogen (secondary N) is 2. The molecule has 0 radical (unpaired) electrons. The Hall–Kier alpha value is -1.36. The van der Waals surface area contributed by atoms with Crippen LogP contribution in [0.2, 0.25) is 0 Å². The lowest BCUT2D eigenvalue weighted by Crippen LogP contribution is -2.35. The van der Waals surface area contributed by atoms with Crippen molar-refractivity contribution in [2.24, 2.45) is 0 Å². The average molecular weight is 225 g/mol. The molecule has 16 heavy (non-hydrogen) atoms. The predicted octanol–water partition coefficient (Wildman–Crippen LogP) is 1.08. The predicted molar refractivity (Wildman–Crippen MR) is 61.1 cm³/mol. The molecule has 0 bridgehead atoms. The van der Waals surface area contributed by atoms with E-state index in [4.69, 9.17) is 4.52 Å². The van der Waals surface area contributed by atoms with E-state index in [2.05, 4.69) is 15.8 Å². The van der Waals surface area contributed by atoms with Crippen molar-refractivity contribution in [3.63, 3.8) is 0 Å². The van der Waals surface area contributed by atoms with Crippen LogP contribution in [0.4, 0.5) is 0 Å². The molecule has 2 N–H and O–H groups in total. The minimum Gasteiger partial charge on any atom is -0.361 e. The zero-order valence-electron chi connectivity index (χ0n) is 10.3. The summed E-state index contributed by atoms with van der Waals surface area (Å²) in [6.45, 7) is 6.09. The molecule has 0 aromatic carbocycles. The van der Waals surface area contributed by atoms with Crippen molar-refractivity contribution in [2.75, 3.05) is 13.6 Å². The first-order chi connectivity index (χ1) is 7.60. The molecule has 1 amide bonds. The fourth-order valence-corrected chi connectivity index (χ4v) is 1.77. The van der Waals surface area contributed by atoms with E-state index in [0.29, 0.717) is 6.54 Å². The van der Waals surface area contributed by atoms with Crippen LogP contribution < -0.4 is 10.6 Å². The van der Waals surface area contributed by atoms with Crippen molar-refractivity contribution >= 4 is 5.91 Å². The van der Waals surface area contributed by atoms with Crippen LogP contribution in [0.1, 0.15) is 36.4 Å². The summed E-state index contributed by atoms with van der Waals surface area (Å²) in [6.07, 6.45) is 0.818. The smallest absolute Gasteiger partial charge is 0.234 e. The molecule has 1 aromatic heterocycles. The third-order valence-electron chi connectivity index (χ3n) is 2.52. The van der Waals surface area contributed by atoms with Gasteiger partial charge in [-0.15, -0.1) is 0 Å². The second-order valence-corrected chi connectivity index (χ2v) is 3.80. The largest absolute Gasteiger partial charge is 0.361 e. The van der Waals surface area contributed by atoms with Crippen LogP contribution in [-0.2, 0) is 4.79 Å². The van der Waals surface area contributed by atoms with E-state index in [1.165, 1.54) is 0 Å². The second kappa shape index (κ2) is 5.65. The summed E-state index contributed by atoms with van der Waals surface area (Å²) in [5.41, 5.74) is 1.83. The molecule has 0 spiro atoms. The van der Waals surface area contributed by atoms with Crippen LogP contribution in [0, 0.1) is 13.8 Å². The first kappa shape index (κ1) is 12.7. The number of nitrogens with zero attached hydrogens (tertiary/aromatic N) is 1. The minimum atomic E-state index is -0.0212. The molecule has 0 saturated carbocycles. The number of carbonyl (C=O) groups excluding carboxylic acids is 1. The summed E-state index contributed by atoms with van der Waals surface area (Å²) in [5, 5.41) is 9.67. The van der Waals surface area contributed by atoms with Crippen molar-refractivity contribution in [1.29, 1.82) is 0 Å². The van der Waals surface area contributed by atoms with Gasteiger partial charge in [-0.3, -0.25) is 4.79 Å². The topological polar surface area (TPSA) is 67.2 Å². The highest BCUT2D eigenvalue weighted by Gasteiger charge is 2.20. The first-order valence-corrected chi connectivity index (χ1v) is 5.46. The normalized spacial score (nSPS) is 12.5. The number of likely N-dealkylation sites (N-methyl/N-ethyl adjacent to an activating group) is 1. The van der Waals surface area contributed by atoms with Gasteiger partial charge in [-0.2, -0.15) is 0 Å². The number of rotatable bonds is 5. The molecule has 0 aliphatic rings. The van der Waals surface area contributed by atoms with Crippen LogP contribution in [-0.4, -0.2) is 24.7 Å². The molecule has 1 aromatic rings. The Morgan fingerprint density at radius 1 is 1.50 bits per heavy atom. The van der Waals surface area contributed by atoms with Crippen molar-refractivity contribution < 1.29 is 9.32 Å². The summed E-state index contributed by atoms with van der Waals surface area (Å²) in [5.74, 6) is 0.753. The van der Waals surface area contributed by atoms with Crippen LogP contribution in [0.3, 0.4) is 0 Å². The number of hydrogen-bond donors (Lipinski definition) is 2. The van der Waals surface area contributed by atoms with Gasteiger partial charge in [-0.05, 0) is 27.3 Å². The Morgan fingerprint density at radius 3 is 2.62 bits per heavy atom. The van der Waals surface area contributed by atoms with Gasteiger partial charge >= 0.3 is 0 Å². The molecular weight excluding hydrogens is 206 g/mol. The minimum absolute atomic E-state index is 0.0191. The molecule has 1 rings (SSSR count). The highest BCUT2D eigenvalue weighted by Crippen LogP contribution is 2.23. The van der Waals surface area contributed by atoms with Gasteiger partial charge in [0.25, 0.3) is 0 Å². The van der Waals surface area contributed by atoms with Crippen LogP contribution in [0.15, 0.2) is 4.52 Å². The SMILES string of the molecule is CCC(NC(=O)CNC)c1c(C)noc1C. The second-order valence-electron chi connectivity index (χ2n) is 3.80. The Kier molecular flexibility index (Phi) is 4.49. The van der Waals surface area contributed by atoms with Gasteiger partial charge in [-0.1, -0.05) is 12.1 Å². The fourth-order valence-electron chi connectivity index (χ4n) is 1.77. The van der Waals surface area contributed by atoms with E-state index in [-0.39, 0.29) is 11.9 Å². The maximum absolute atomic E-state index is 11.5. The molecule has 90 valence electrons. The third kappa shape index (κ3) is 2.82. The standard InChI is InChI=1S/C11H19N3O2/c1-5-9(13-10(15)6-12-4)11-7(2)14-16-8(11)3/h9,12H,5-6H2,1-4H3,(H,13,15). The van der Waals surface area contributed by atoms with E-state index in [1.54, 1.807) is 7.05 Å². The van der Waals surface area contributed by atoms with Gasteiger partial charge in [0.05, 0.1) is 18.3 Å². The molecule has 1 unspecified atom stereocenters. The van der Waals surface area contributed by atoms with Crippen molar-refractivity contribution in [2.45, 2.75) is 33.2 Å². The fraction of sp³-hybridized carbons (Fsp3) is 0.636. The van der Waals surface area contributed by atoms with E-state index >= 15 is 0 Å². The molecule has 0 aliphatic heterocycles. The average Bonchev–Trinajstić information content (AvgIpc) is 2.56. The Labute approximate surface area is 95.6 Å². The molecule has 0 saturated heterocycles. The van der Waals surface area contributed by atoms with Gasteiger partial charge in [0.15, 0.2) is 0 Å². The van der Waals surface area contributed by atoms with Gasteiger partial charge in [0.1, 0.15) is 5.76 Å². The van der Waals surface area contributed by atoms with Gasteiger partial charge in [-0.25, -0.2) is 0 Å². The summed E-state index contributed by atoms with van der Waals surface area (Å²) < 4.78 is 5.10. The van der Waals surface area contributed by atoms with Crippen LogP contribution in [0.5, 0.6) is 0 Å². The molecule has 1 heterocycles. The first-order valence-electron chi connectivity index (χ1n) is 5.46. The van der Waals surface area contributed by atoms with Crippen LogP contribution in [0.25, 0.3) is 0 Å². The zero-order valence-corrected chi connectivity index (χ0v) is 10.3. The van der Waals surface area contributed by atoms with Gasteiger partial charge < -0.3 is 15.2 Å². The molecule has 0 fully saturated rings. The lowest BCUT2D eigenvalue weighted by atomic mass is 10.0. The summed E-state index contributed by atoms with van der Waals surface area (Å²) in [7, 11) is 1.75. The van der Waals surface area contributed by atoms with Crippen LogP contribution >= 0.6 is 0 Å². The highest BCUT2D eigenvalue weighted by molar-refractivity contribution is 5.78. The third-order valence-corrected chi connectivity index (χ3v) is 2.52. The van der Waals surface area contributed by atoms with Crippen molar-refractivity contribution in [3.8, 4) is 0 Å². The number of aromatic nitrogens is 1. The molecule has 0 aliphatic carbocycles. The quantitative estimate of drug-likeness (QED) is 0.787. The molecular formula is C11H19N3O2. The number of amides is 1. The maximum Gasteiger partial charge on any atom is 0.234 e. The maximum atomic E-state index is 11.5. The monoisotopic (exact) mass is 225 g/mol. The van der Waals surface area contributed by atoms with E-state index < -0.39 is 0 Å². The Balaban J connectivity index is 2.79. The summed E-state index contributed by atoms with van der Waals surface area (Å²) in [6, 6.07) is -0.0212. The van der Waals surface area contributed by atoms with E-state index in [1.807, 2.05) is 20.8 Å². The number of carbonyl (C=O) groups is 1. The summed E-state index contributed by atoms with van der Waals surface area (Å²) >= 11 is 0. The lowest BCUT2D eigenvalue weighted by molar-refractivity contribution is -0.120. The zero-order chi connectivity index (χ0) is 12.1. The van der Waals surface area contributed by atoms with Crippen molar-refractivity contribution in [1.82, 2.24) is 15.8 Å². The van der Waals surface area contributed by atoms with Gasteiger partial charge in [0, 0.05) is 5.56 Å². The van der Waals surface area contributed by atoms with E-state index in [9.17, 15) is 4.79 Å². The number of aryl methyl sites for hydroxylation is 2. The molecule has 5 heteroatoms.